The number of nitrogens with one attached hydrogen (secondary N) is 1. The third-order valence-corrected chi connectivity index (χ3v) is 2.04. The molecule has 0 saturated heterocycles. The van der Waals surface area contributed by atoms with Crippen molar-refractivity contribution in [3.05, 3.63) is 0 Å². The molecular weight excluding hydrogens is 152 g/mol. The molecule has 0 amide bonds. The first-order valence-corrected chi connectivity index (χ1v) is 4.52. The highest BCUT2D eigenvalue weighted by atomic mass is 16.3. The summed E-state index contributed by atoms with van der Waals surface area (Å²) in [4.78, 5) is 0. The molecule has 0 radical (unpaired) electrons. The van der Waals surface area contributed by atoms with Gasteiger partial charge in [0.1, 0.15) is 0 Å². The van der Waals surface area contributed by atoms with Crippen LogP contribution in [0.15, 0.2) is 0 Å². The molecule has 3 nitrogen and oxygen atoms in total. The third kappa shape index (κ3) is 3.83. The van der Waals surface area contributed by atoms with Crippen molar-refractivity contribution >= 4 is 5.71 Å². The first-order valence-electron chi connectivity index (χ1n) is 4.52. The van der Waals surface area contributed by atoms with Gasteiger partial charge < -0.3 is 16.2 Å². The molecule has 0 aromatic heterocycles. The second-order valence-electron chi connectivity index (χ2n) is 3.42. The van der Waals surface area contributed by atoms with Gasteiger partial charge in [0.2, 0.25) is 0 Å². The summed E-state index contributed by atoms with van der Waals surface area (Å²) in [7, 11) is 0. The molecule has 0 aromatic rings. The molecule has 0 saturated carbocycles. The van der Waals surface area contributed by atoms with E-state index in [4.69, 9.17) is 16.2 Å². The molecule has 0 bridgehead atoms. The van der Waals surface area contributed by atoms with E-state index in [-0.39, 0.29) is 18.4 Å². The molecule has 0 aliphatic carbocycles. The first kappa shape index (κ1) is 11.6. The van der Waals surface area contributed by atoms with Crippen LogP contribution < -0.4 is 5.73 Å². The van der Waals surface area contributed by atoms with Gasteiger partial charge in [0.05, 0.1) is 6.61 Å². The molecule has 0 aromatic carbocycles. The van der Waals surface area contributed by atoms with E-state index in [1.807, 2.05) is 13.8 Å². The average molecular weight is 172 g/mol. The quantitative estimate of drug-likeness (QED) is 0.523. The Morgan fingerprint density at radius 2 is 2.08 bits per heavy atom. The molecule has 0 aliphatic rings. The molecular formula is C9H20N2O. The number of aliphatic hydroxyl groups is 1. The minimum atomic E-state index is 0.0218. The summed E-state index contributed by atoms with van der Waals surface area (Å²) in [6.07, 6.45) is 1.73. The summed E-state index contributed by atoms with van der Waals surface area (Å²) >= 11 is 0. The Kier molecular flexibility index (Phi) is 5.93. The van der Waals surface area contributed by atoms with E-state index in [2.05, 4.69) is 0 Å². The van der Waals surface area contributed by atoms with Gasteiger partial charge in [-0.15, -0.1) is 0 Å². The minimum Gasteiger partial charge on any atom is -0.396 e. The highest BCUT2D eigenvalue weighted by Gasteiger charge is 2.15. The number of hydrogen-bond acceptors (Lipinski definition) is 3. The maximum Gasteiger partial charge on any atom is 0.0511 e. The summed E-state index contributed by atoms with van der Waals surface area (Å²) in [6, 6.07) is 0. The molecule has 1 unspecified atom stereocenters. The van der Waals surface area contributed by atoms with Gasteiger partial charge in [0.15, 0.2) is 0 Å². The topological polar surface area (TPSA) is 70.1 Å². The van der Waals surface area contributed by atoms with Crippen LogP contribution in [-0.4, -0.2) is 24.0 Å². The number of aliphatic hydroxyl groups excluding tert-OH is 1. The van der Waals surface area contributed by atoms with Gasteiger partial charge >= 0.3 is 0 Å². The molecule has 0 rings (SSSR count). The van der Waals surface area contributed by atoms with Crippen LogP contribution >= 0.6 is 0 Å². The Morgan fingerprint density at radius 3 is 2.42 bits per heavy atom. The van der Waals surface area contributed by atoms with Crippen LogP contribution in [-0.2, 0) is 0 Å². The Labute approximate surface area is 74.5 Å². The first-order chi connectivity index (χ1) is 5.63. The van der Waals surface area contributed by atoms with E-state index < -0.39 is 0 Å². The van der Waals surface area contributed by atoms with Crippen LogP contribution in [0.1, 0.15) is 26.7 Å². The Balaban J connectivity index is 3.88. The zero-order valence-corrected chi connectivity index (χ0v) is 8.01. The van der Waals surface area contributed by atoms with E-state index in [1.54, 1.807) is 0 Å². The minimum absolute atomic E-state index is 0.0218. The molecule has 4 N–H and O–H groups in total. The molecule has 0 spiro atoms. The summed E-state index contributed by atoms with van der Waals surface area (Å²) in [5, 5.41) is 16.7. The van der Waals surface area contributed by atoms with Crippen molar-refractivity contribution in [1.82, 2.24) is 0 Å². The van der Waals surface area contributed by atoms with Crippen LogP contribution in [0, 0.1) is 17.2 Å². The summed E-state index contributed by atoms with van der Waals surface area (Å²) in [5.74, 6) is 0.258. The number of nitrogens with two attached hydrogens (primary N) is 1. The Morgan fingerprint density at radius 1 is 1.50 bits per heavy atom. The van der Waals surface area contributed by atoms with E-state index in [0.717, 1.165) is 12.8 Å². The maximum absolute atomic E-state index is 8.99. The van der Waals surface area contributed by atoms with Gasteiger partial charge in [-0.05, 0) is 25.3 Å². The van der Waals surface area contributed by atoms with Crippen LogP contribution in [0.2, 0.25) is 0 Å². The summed E-state index contributed by atoms with van der Waals surface area (Å²) < 4.78 is 0. The van der Waals surface area contributed by atoms with Crippen LogP contribution in [0.5, 0.6) is 0 Å². The van der Waals surface area contributed by atoms with E-state index >= 15 is 0 Å². The number of rotatable bonds is 6. The normalized spacial score (nSPS) is 13.4. The lowest BCUT2D eigenvalue weighted by Gasteiger charge is -2.17. The molecule has 72 valence electrons. The molecule has 0 aliphatic heterocycles. The van der Waals surface area contributed by atoms with E-state index in [1.165, 1.54) is 0 Å². The van der Waals surface area contributed by atoms with Gasteiger partial charge in [0, 0.05) is 11.6 Å². The van der Waals surface area contributed by atoms with Crippen molar-refractivity contribution < 1.29 is 5.11 Å². The van der Waals surface area contributed by atoms with Gasteiger partial charge in [-0.3, -0.25) is 0 Å². The van der Waals surface area contributed by atoms with Crippen LogP contribution in [0.25, 0.3) is 0 Å². The highest BCUT2D eigenvalue weighted by Crippen LogP contribution is 2.12. The molecule has 3 heteroatoms. The van der Waals surface area contributed by atoms with Gasteiger partial charge in [-0.1, -0.05) is 13.8 Å². The average Bonchev–Trinajstić information content (AvgIpc) is 2.05. The monoisotopic (exact) mass is 172 g/mol. The standard InChI is InChI=1S/C9H20N2O/c1-7(2)9(11)8(6-12)4-3-5-10/h7-8,11-12H,3-6,10H2,1-2H3. The van der Waals surface area contributed by atoms with E-state index in [9.17, 15) is 0 Å². The maximum atomic E-state index is 8.99. The lowest BCUT2D eigenvalue weighted by molar-refractivity contribution is 0.251. The smallest absolute Gasteiger partial charge is 0.0511 e. The third-order valence-electron chi connectivity index (χ3n) is 2.04. The SMILES string of the molecule is CC(C)C(=N)C(CO)CCCN. The van der Waals surface area contributed by atoms with Crippen LogP contribution in [0.3, 0.4) is 0 Å². The summed E-state index contributed by atoms with van der Waals surface area (Å²) in [6.45, 7) is 4.68. The fourth-order valence-corrected chi connectivity index (χ4v) is 1.18. The van der Waals surface area contributed by atoms with Gasteiger partial charge in [0.25, 0.3) is 0 Å². The second kappa shape index (κ2) is 6.14. The second-order valence-corrected chi connectivity index (χ2v) is 3.42. The highest BCUT2D eigenvalue weighted by molar-refractivity contribution is 5.85. The lowest BCUT2D eigenvalue weighted by atomic mass is 9.91. The van der Waals surface area contributed by atoms with Gasteiger partial charge in [-0.2, -0.15) is 0 Å². The van der Waals surface area contributed by atoms with Crippen molar-refractivity contribution in [1.29, 1.82) is 5.41 Å². The van der Waals surface area contributed by atoms with Crippen molar-refractivity contribution in [3.8, 4) is 0 Å². The zero-order chi connectivity index (χ0) is 9.56. The zero-order valence-electron chi connectivity index (χ0n) is 8.01. The largest absolute Gasteiger partial charge is 0.396 e. The van der Waals surface area contributed by atoms with Crippen LogP contribution in [0.4, 0.5) is 0 Å². The molecule has 0 heterocycles. The van der Waals surface area contributed by atoms with Crippen molar-refractivity contribution in [3.63, 3.8) is 0 Å². The molecule has 12 heavy (non-hydrogen) atoms. The van der Waals surface area contributed by atoms with Crippen molar-refractivity contribution in [2.45, 2.75) is 26.7 Å². The fourth-order valence-electron chi connectivity index (χ4n) is 1.18. The lowest BCUT2D eigenvalue weighted by Crippen LogP contribution is -2.23. The Hall–Kier alpha value is -0.410. The van der Waals surface area contributed by atoms with E-state index in [0.29, 0.717) is 12.3 Å². The predicted molar refractivity (Wildman–Crippen MR) is 51.4 cm³/mol. The molecule has 1 atom stereocenters. The molecule has 0 fully saturated rings. The summed E-state index contributed by atoms with van der Waals surface area (Å²) in [5.41, 5.74) is 6.00. The van der Waals surface area contributed by atoms with Crippen molar-refractivity contribution in [2.24, 2.45) is 17.6 Å². The predicted octanol–water partition coefficient (Wildman–Crippen LogP) is 1.01. The number of hydrogen-bond donors (Lipinski definition) is 3. The van der Waals surface area contributed by atoms with Gasteiger partial charge in [-0.25, -0.2) is 0 Å². The Bertz CT molecular complexity index is 134. The fraction of sp³-hybridized carbons (Fsp3) is 0.889. The van der Waals surface area contributed by atoms with Crippen molar-refractivity contribution in [2.75, 3.05) is 13.2 Å².